The van der Waals surface area contributed by atoms with Crippen LogP contribution in [0.25, 0.3) is 10.9 Å². The van der Waals surface area contributed by atoms with Crippen LogP contribution in [0.1, 0.15) is 5.69 Å². The highest BCUT2D eigenvalue weighted by Gasteiger charge is 2.17. The molecule has 1 aliphatic rings. The van der Waals surface area contributed by atoms with Crippen molar-refractivity contribution in [3.05, 3.63) is 48.3 Å². The Balaban J connectivity index is 1.64. The summed E-state index contributed by atoms with van der Waals surface area (Å²) < 4.78 is 0. The number of aryl methyl sites for hydroxylation is 1. The van der Waals surface area contributed by atoms with E-state index in [1.54, 1.807) is 0 Å². The molecule has 3 aromatic rings. The molecule has 0 spiro atoms. The Morgan fingerprint density at radius 3 is 2.64 bits per heavy atom. The van der Waals surface area contributed by atoms with Crippen LogP contribution in [0.3, 0.4) is 0 Å². The minimum Gasteiger partial charge on any atom is -0.338 e. The Hall–Kier alpha value is -2.73. The molecule has 0 aliphatic carbocycles. The van der Waals surface area contributed by atoms with Gasteiger partial charge < -0.3 is 15.1 Å². The molecule has 25 heavy (non-hydrogen) atoms. The van der Waals surface area contributed by atoms with Gasteiger partial charge in [0, 0.05) is 49.5 Å². The zero-order valence-electron chi connectivity index (χ0n) is 14.6. The molecule has 4 rings (SSSR count). The molecule has 1 aromatic carbocycles. The van der Waals surface area contributed by atoms with E-state index in [1.807, 2.05) is 37.4 Å². The summed E-state index contributed by atoms with van der Waals surface area (Å²) in [5, 5.41) is 4.53. The third kappa shape index (κ3) is 3.39. The van der Waals surface area contributed by atoms with Gasteiger partial charge in [0.1, 0.15) is 5.82 Å². The Labute approximate surface area is 147 Å². The lowest BCUT2D eigenvalue weighted by Gasteiger charge is -2.32. The number of aromatic nitrogens is 3. The van der Waals surface area contributed by atoms with Crippen LogP contribution in [0.2, 0.25) is 0 Å². The summed E-state index contributed by atoms with van der Waals surface area (Å²) in [7, 11) is 2.15. The van der Waals surface area contributed by atoms with Crippen LogP contribution in [0.5, 0.6) is 0 Å². The van der Waals surface area contributed by atoms with Crippen LogP contribution in [-0.2, 0) is 0 Å². The van der Waals surface area contributed by atoms with E-state index in [0.717, 1.165) is 60.2 Å². The fourth-order valence-corrected chi connectivity index (χ4v) is 3.11. The molecule has 0 atom stereocenters. The smallest absolute Gasteiger partial charge is 0.227 e. The molecule has 1 saturated heterocycles. The first kappa shape index (κ1) is 15.8. The Morgan fingerprint density at radius 1 is 1.00 bits per heavy atom. The molecule has 3 heterocycles. The monoisotopic (exact) mass is 334 g/mol. The molecule has 2 aromatic heterocycles. The number of likely N-dealkylation sites (N-methyl/N-ethyl adjacent to an activating group) is 1. The van der Waals surface area contributed by atoms with E-state index >= 15 is 0 Å². The van der Waals surface area contributed by atoms with Gasteiger partial charge in [-0.15, -0.1) is 0 Å². The second-order valence-corrected chi connectivity index (χ2v) is 6.49. The maximum Gasteiger partial charge on any atom is 0.227 e. The standard InChI is InChI=1S/C19H22N6/c1-14-13-17(23-19(21-14)25-11-9-24(2)10-12-25)22-16-7-3-5-15-6-4-8-20-18(15)16/h3-8,13H,9-12H2,1-2H3,(H,21,22,23). The van der Waals surface area contributed by atoms with Crippen LogP contribution in [0, 0.1) is 6.92 Å². The van der Waals surface area contributed by atoms with Crippen LogP contribution < -0.4 is 10.2 Å². The van der Waals surface area contributed by atoms with Crippen molar-refractivity contribution in [2.75, 3.05) is 43.4 Å². The quantitative estimate of drug-likeness (QED) is 0.795. The number of anilines is 3. The molecule has 6 nitrogen and oxygen atoms in total. The minimum absolute atomic E-state index is 0.795. The number of piperazine rings is 1. The van der Waals surface area contributed by atoms with Crippen molar-refractivity contribution < 1.29 is 0 Å². The SMILES string of the molecule is Cc1cc(Nc2cccc3cccnc23)nc(N2CCN(C)CC2)n1. The predicted molar refractivity (Wildman–Crippen MR) is 102 cm³/mol. The molecule has 1 N–H and O–H groups in total. The molecule has 0 amide bonds. The number of para-hydroxylation sites is 1. The zero-order valence-corrected chi connectivity index (χ0v) is 14.6. The van der Waals surface area contributed by atoms with Crippen molar-refractivity contribution >= 4 is 28.4 Å². The second kappa shape index (κ2) is 6.64. The average Bonchev–Trinajstić information content (AvgIpc) is 2.62. The normalized spacial score (nSPS) is 15.5. The number of fused-ring (bicyclic) bond motifs is 1. The summed E-state index contributed by atoms with van der Waals surface area (Å²) in [5.41, 5.74) is 2.86. The van der Waals surface area contributed by atoms with Crippen molar-refractivity contribution in [2.45, 2.75) is 6.92 Å². The predicted octanol–water partition coefficient (Wildman–Crippen LogP) is 2.83. The Morgan fingerprint density at radius 2 is 1.80 bits per heavy atom. The summed E-state index contributed by atoms with van der Waals surface area (Å²) in [6.45, 7) is 5.98. The molecule has 1 aliphatic heterocycles. The molecule has 128 valence electrons. The maximum atomic E-state index is 4.74. The minimum atomic E-state index is 0.795. The summed E-state index contributed by atoms with van der Waals surface area (Å²) >= 11 is 0. The second-order valence-electron chi connectivity index (χ2n) is 6.49. The van der Waals surface area contributed by atoms with E-state index in [0.29, 0.717) is 0 Å². The zero-order chi connectivity index (χ0) is 17.2. The first-order valence-electron chi connectivity index (χ1n) is 8.59. The van der Waals surface area contributed by atoms with Gasteiger partial charge in [-0.3, -0.25) is 4.98 Å². The average molecular weight is 334 g/mol. The highest BCUT2D eigenvalue weighted by molar-refractivity contribution is 5.91. The molecule has 0 unspecified atom stereocenters. The largest absolute Gasteiger partial charge is 0.338 e. The van der Waals surface area contributed by atoms with Gasteiger partial charge in [0.15, 0.2) is 0 Å². The van der Waals surface area contributed by atoms with Crippen molar-refractivity contribution in [3.63, 3.8) is 0 Å². The lowest BCUT2D eigenvalue weighted by molar-refractivity contribution is 0.311. The van der Waals surface area contributed by atoms with Crippen molar-refractivity contribution in [1.29, 1.82) is 0 Å². The Kier molecular flexibility index (Phi) is 4.19. The van der Waals surface area contributed by atoms with E-state index in [1.165, 1.54) is 0 Å². The van der Waals surface area contributed by atoms with Gasteiger partial charge >= 0.3 is 0 Å². The van der Waals surface area contributed by atoms with Crippen molar-refractivity contribution in [1.82, 2.24) is 19.9 Å². The number of nitrogens with one attached hydrogen (secondary N) is 1. The van der Waals surface area contributed by atoms with E-state index in [-0.39, 0.29) is 0 Å². The third-order valence-electron chi connectivity index (χ3n) is 4.52. The molecule has 0 bridgehead atoms. The number of pyridine rings is 1. The number of rotatable bonds is 3. The molecule has 0 radical (unpaired) electrons. The Bertz CT molecular complexity index is 881. The van der Waals surface area contributed by atoms with Gasteiger partial charge in [0.05, 0.1) is 11.2 Å². The number of nitrogens with zero attached hydrogens (tertiary/aromatic N) is 5. The van der Waals surface area contributed by atoms with Crippen molar-refractivity contribution in [3.8, 4) is 0 Å². The highest BCUT2D eigenvalue weighted by atomic mass is 15.3. The van der Waals surface area contributed by atoms with Crippen LogP contribution >= 0.6 is 0 Å². The van der Waals surface area contributed by atoms with Gasteiger partial charge in [-0.2, -0.15) is 4.98 Å². The van der Waals surface area contributed by atoms with E-state index in [4.69, 9.17) is 4.98 Å². The lowest BCUT2D eigenvalue weighted by atomic mass is 10.2. The van der Waals surface area contributed by atoms with E-state index in [2.05, 4.69) is 44.3 Å². The van der Waals surface area contributed by atoms with Gasteiger partial charge in [-0.05, 0) is 26.1 Å². The maximum absolute atomic E-state index is 4.74. The highest BCUT2D eigenvalue weighted by Crippen LogP contribution is 2.25. The van der Waals surface area contributed by atoms with E-state index in [9.17, 15) is 0 Å². The summed E-state index contributed by atoms with van der Waals surface area (Å²) in [4.78, 5) is 18.4. The summed E-state index contributed by atoms with van der Waals surface area (Å²) in [6, 6.07) is 12.1. The van der Waals surface area contributed by atoms with Gasteiger partial charge in [0.2, 0.25) is 5.95 Å². The summed E-state index contributed by atoms with van der Waals surface area (Å²) in [6.07, 6.45) is 1.81. The molecule has 0 saturated carbocycles. The van der Waals surface area contributed by atoms with Crippen LogP contribution in [0.15, 0.2) is 42.6 Å². The van der Waals surface area contributed by atoms with Crippen molar-refractivity contribution in [2.24, 2.45) is 0 Å². The third-order valence-corrected chi connectivity index (χ3v) is 4.52. The topological polar surface area (TPSA) is 57.2 Å². The van der Waals surface area contributed by atoms with Gasteiger partial charge in [-0.25, -0.2) is 4.98 Å². The molecule has 6 heteroatoms. The molecular weight excluding hydrogens is 312 g/mol. The number of hydrogen-bond acceptors (Lipinski definition) is 6. The molecule has 1 fully saturated rings. The first-order valence-corrected chi connectivity index (χ1v) is 8.59. The molecular formula is C19H22N6. The fourth-order valence-electron chi connectivity index (χ4n) is 3.11. The fraction of sp³-hybridized carbons (Fsp3) is 0.316. The lowest BCUT2D eigenvalue weighted by Crippen LogP contribution is -2.45. The number of benzene rings is 1. The van der Waals surface area contributed by atoms with Crippen LogP contribution in [0.4, 0.5) is 17.5 Å². The van der Waals surface area contributed by atoms with Gasteiger partial charge in [-0.1, -0.05) is 18.2 Å². The van der Waals surface area contributed by atoms with Gasteiger partial charge in [0.25, 0.3) is 0 Å². The summed E-state index contributed by atoms with van der Waals surface area (Å²) in [5.74, 6) is 1.60. The van der Waals surface area contributed by atoms with E-state index < -0.39 is 0 Å². The number of hydrogen-bond donors (Lipinski definition) is 1. The van der Waals surface area contributed by atoms with Crippen LogP contribution in [-0.4, -0.2) is 53.1 Å². The first-order chi connectivity index (χ1) is 12.2.